The van der Waals surface area contributed by atoms with Crippen molar-refractivity contribution in [3.8, 4) is 5.75 Å². The molecule has 2 aliphatic heterocycles. The van der Waals surface area contributed by atoms with E-state index in [-0.39, 0.29) is 6.17 Å². The van der Waals surface area contributed by atoms with E-state index >= 15 is 0 Å². The zero-order valence-corrected chi connectivity index (χ0v) is 21.3. The van der Waals surface area contributed by atoms with Crippen LogP contribution in [0, 0.1) is 18.8 Å². The van der Waals surface area contributed by atoms with Crippen LogP contribution in [-0.2, 0) is 6.54 Å². The lowest BCUT2D eigenvalue weighted by Crippen LogP contribution is -2.45. The number of likely N-dealkylation sites (tertiary alicyclic amines) is 1. The molecule has 0 amide bonds. The van der Waals surface area contributed by atoms with Crippen molar-refractivity contribution in [1.82, 2.24) is 15.2 Å². The van der Waals surface area contributed by atoms with Crippen LogP contribution in [0.2, 0.25) is 5.02 Å². The van der Waals surface area contributed by atoms with Crippen LogP contribution in [0.1, 0.15) is 61.5 Å². The Hall–Kier alpha value is -2.24. The maximum atomic E-state index is 6.34. The molecule has 0 bridgehead atoms. The molecule has 0 saturated carbocycles. The first-order valence-corrected chi connectivity index (χ1v) is 12.5. The molecule has 5 nitrogen and oxygen atoms in total. The summed E-state index contributed by atoms with van der Waals surface area (Å²) in [5.74, 6) is 3.44. The molecular formula is C27H37ClN4O. The Balaban J connectivity index is 1.53. The number of benzene rings is 2. The van der Waals surface area contributed by atoms with Gasteiger partial charge < -0.3 is 9.64 Å². The summed E-state index contributed by atoms with van der Waals surface area (Å²) < 4.78 is 5.28. The zero-order valence-electron chi connectivity index (χ0n) is 20.6. The third kappa shape index (κ3) is 5.15. The van der Waals surface area contributed by atoms with E-state index in [2.05, 4.69) is 61.2 Å². The molecule has 2 atom stereocenters. The molecule has 0 aliphatic carbocycles. The first-order valence-electron chi connectivity index (χ1n) is 12.1. The normalized spacial score (nSPS) is 19.8. The third-order valence-electron chi connectivity index (χ3n) is 7.37. The van der Waals surface area contributed by atoms with E-state index < -0.39 is 0 Å². The lowest BCUT2D eigenvalue weighted by Gasteiger charge is -2.41. The predicted molar refractivity (Wildman–Crippen MR) is 137 cm³/mol. The molecule has 2 heterocycles. The fraction of sp³-hybridized carbons (Fsp3) is 0.519. The number of hydrogen-bond acceptors (Lipinski definition) is 5. The highest BCUT2D eigenvalue weighted by Crippen LogP contribution is 2.33. The van der Waals surface area contributed by atoms with Crippen molar-refractivity contribution in [2.24, 2.45) is 16.9 Å². The Morgan fingerprint density at radius 2 is 1.94 bits per heavy atom. The Morgan fingerprint density at radius 3 is 2.61 bits per heavy atom. The monoisotopic (exact) mass is 468 g/mol. The van der Waals surface area contributed by atoms with Gasteiger partial charge in [0.1, 0.15) is 11.9 Å². The molecular weight excluding hydrogens is 432 g/mol. The van der Waals surface area contributed by atoms with Gasteiger partial charge in [0.2, 0.25) is 0 Å². The van der Waals surface area contributed by atoms with Gasteiger partial charge in [0.15, 0.2) is 5.84 Å². The summed E-state index contributed by atoms with van der Waals surface area (Å²) in [4.78, 5) is 2.49. The molecule has 0 aromatic heterocycles. The van der Waals surface area contributed by atoms with Crippen molar-refractivity contribution in [2.75, 3.05) is 27.2 Å². The molecule has 2 aliphatic rings. The number of piperidine rings is 1. The van der Waals surface area contributed by atoms with Gasteiger partial charge in [0.25, 0.3) is 0 Å². The summed E-state index contributed by atoms with van der Waals surface area (Å²) in [7, 11) is 3.70. The standard InChI is InChI=1S/C27H37ClN4O/c1-6-19(3)21-11-13-32(14-12-21)27-22-9-7-18(2)15-23(22)26(31(4)30-27)29-17-20-8-10-25(33-5)24(28)16-20/h7-10,15-16,19,21,26,29H,6,11-14,17H2,1-5H3. The molecule has 1 N–H and O–H groups in total. The number of amidine groups is 1. The summed E-state index contributed by atoms with van der Waals surface area (Å²) in [6.45, 7) is 9.72. The highest BCUT2D eigenvalue weighted by Gasteiger charge is 2.32. The minimum atomic E-state index is 0.00202. The van der Waals surface area contributed by atoms with E-state index in [0.717, 1.165) is 36.3 Å². The van der Waals surface area contributed by atoms with Crippen LogP contribution in [0.15, 0.2) is 41.5 Å². The number of hydrazone groups is 1. The number of nitrogens with zero attached hydrogens (tertiary/aromatic N) is 3. The van der Waals surface area contributed by atoms with Gasteiger partial charge in [-0.3, -0.25) is 10.3 Å². The molecule has 2 unspecified atom stereocenters. The first kappa shape index (κ1) is 23.9. The van der Waals surface area contributed by atoms with Gasteiger partial charge in [0.05, 0.1) is 12.1 Å². The maximum Gasteiger partial charge on any atom is 0.156 e. The first-order chi connectivity index (χ1) is 15.9. The van der Waals surface area contributed by atoms with Crippen LogP contribution in [0.5, 0.6) is 5.75 Å². The van der Waals surface area contributed by atoms with Gasteiger partial charge in [-0.1, -0.05) is 61.7 Å². The molecule has 1 saturated heterocycles. The van der Waals surface area contributed by atoms with Crippen molar-refractivity contribution in [3.05, 3.63) is 63.7 Å². The topological polar surface area (TPSA) is 40.1 Å². The molecule has 33 heavy (non-hydrogen) atoms. The summed E-state index contributed by atoms with van der Waals surface area (Å²) in [6, 6.07) is 12.7. The van der Waals surface area contributed by atoms with Gasteiger partial charge in [-0.15, -0.1) is 0 Å². The Morgan fingerprint density at radius 1 is 1.18 bits per heavy atom. The van der Waals surface area contributed by atoms with Crippen molar-refractivity contribution in [3.63, 3.8) is 0 Å². The second-order valence-electron chi connectivity index (χ2n) is 9.55. The fourth-order valence-electron chi connectivity index (χ4n) is 5.10. The Labute approximate surface area is 203 Å². The summed E-state index contributed by atoms with van der Waals surface area (Å²) in [5, 5.41) is 11.5. The van der Waals surface area contributed by atoms with Gasteiger partial charge in [-0.25, -0.2) is 0 Å². The predicted octanol–water partition coefficient (Wildman–Crippen LogP) is 5.81. The molecule has 4 rings (SSSR count). The second-order valence-corrected chi connectivity index (χ2v) is 9.96. The molecule has 2 aromatic rings. The molecule has 2 aromatic carbocycles. The van der Waals surface area contributed by atoms with Crippen LogP contribution >= 0.6 is 11.6 Å². The minimum absolute atomic E-state index is 0.00202. The van der Waals surface area contributed by atoms with Crippen molar-refractivity contribution >= 4 is 17.4 Å². The number of ether oxygens (including phenoxy) is 1. The summed E-state index contributed by atoms with van der Waals surface area (Å²) in [5.41, 5.74) is 4.90. The van der Waals surface area contributed by atoms with E-state index in [4.69, 9.17) is 21.4 Å². The van der Waals surface area contributed by atoms with Crippen LogP contribution in [0.25, 0.3) is 0 Å². The van der Waals surface area contributed by atoms with Gasteiger partial charge in [-0.2, -0.15) is 5.10 Å². The van der Waals surface area contributed by atoms with Gasteiger partial charge in [-0.05, 0) is 49.3 Å². The Bertz CT molecular complexity index is 1000. The van der Waals surface area contributed by atoms with Crippen molar-refractivity contribution < 1.29 is 4.74 Å². The largest absolute Gasteiger partial charge is 0.495 e. The molecule has 0 radical (unpaired) electrons. The van der Waals surface area contributed by atoms with Crippen molar-refractivity contribution in [2.45, 2.75) is 52.7 Å². The Kier molecular flexibility index (Phi) is 7.50. The second kappa shape index (κ2) is 10.4. The number of halogens is 1. The number of fused-ring (bicyclic) bond motifs is 1. The van der Waals surface area contributed by atoms with E-state index in [1.54, 1.807) is 7.11 Å². The minimum Gasteiger partial charge on any atom is -0.495 e. The van der Waals surface area contributed by atoms with Crippen LogP contribution in [0.3, 0.4) is 0 Å². The highest BCUT2D eigenvalue weighted by atomic mass is 35.5. The molecule has 1 fully saturated rings. The number of aryl methyl sites for hydroxylation is 1. The number of methoxy groups -OCH3 is 1. The SMILES string of the molecule is CCC(C)C1CCN(C2=NN(C)C(NCc3ccc(OC)c(Cl)c3)c3cc(C)ccc32)CC1. The molecule has 178 valence electrons. The quantitative estimate of drug-likeness (QED) is 0.580. The van der Waals surface area contributed by atoms with Crippen molar-refractivity contribution in [1.29, 1.82) is 0 Å². The lowest BCUT2D eigenvalue weighted by atomic mass is 9.83. The maximum absolute atomic E-state index is 6.34. The molecule has 0 spiro atoms. The van der Waals surface area contributed by atoms with Gasteiger partial charge in [0, 0.05) is 37.8 Å². The highest BCUT2D eigenvalue weighted by molar-refractivity contribution is 6.32. The van der Waals surface area contributed by atoms with E-state index in [1.165, 1.54) is 36.0 Å². The van der Waals surface area contributed by atoms with E-state index in [0.29, 0.717) is 17.3 Å². The third-order valence-corrected chi connectivity index (χ3v) is 7.67. The van der Waals surface area contributed by atoms with Crippen LogP contribution in [-0.4, -0.2) is 43.0 Å². The fourth-order valence-corrected chi connectivity index (χ4v) is 5.38. The number of hydrogen-bond donors (Lipinski definition) is 1. The van der Waals surface area contributed by atoms with Crippen LogP contribution < -0.4 is 10.1 Å². The summed E-state index contributed by atoms with van der Waals surface area (Å²) in [6.07, 6.45) is 3.77. The number of rotatable bonds is 6. The average molecular weight is 469 g/mol. The van der Waals surface area contributed by atoms with Gasteiger partial charge >= 0.3 is 0 Å². The summed E-state index contributed by atoms with van der Waals surface area (Å²) >= 11 is 6.34. The number of nitrogens with one attached hydrogen (secondary N) is 1. The average Bonchev–Trinajstić information content (AvgIpc) is 2.82. The lowest BCUT2D eigenvalue weighted by molar-refractivity contribution is 0.182. The smallest absolute Gasteiger partial charge is 0.156 e. The van der Waals surface area contributed by atoms with E-state index in [9.17, 15) is 0 Å². The van der Waals surface area contributed by atoms with E-state index in [1.807, 2.05) is 18.2 Å². The molecule has 6 heteroatoms. The zero-order chi connectivity index (χ0) is 23.5. The van der Waals surface area contributed by atoms with Crippen LogP contribution in [0.4, 0.5) is 0 Å².